The topological polar surface area (TPSA) is 68.2 Å². The van der Waals surface area contributed by atoms with Gasteiger partial charge in [0.2, 0.25) is 0 Å². The maximum atomic E-state index is 11.2. The Labute approximate surface area is 96.8 Å². The Balaban J connectivity index is 2.01. The summed E-state index contributed by atoms with van der Waals surface area (Å²) in [6, 6.07) is 2.16. The maximum Gasteiger partial charge on any atom is 0.316 e. The number of urea groups is 1. The number of hydrogen-bond acceptors (Lipinski definition) is 3. The molecule has 2 amide bonds. The van der Waals surface area contributed by atoms with Gasteiger partial charge in [0, 0.05) is 40.2 Å². The molecule has 0 spiro atoms. The van der Waals surface area contributed by atoms with Crippen LogP contribution >= 0.6 is 0 Å². The zero-order chi connectivity index (χ0) is 12.0. The normalized spacial score (nSPS) is 16.3. The van der Waals surface area contributed by atoms with E-state index < -0.39 is 0 Å². The van der Waals surface area contributed by atoms with E-state index in [-0.39, 0.29) is 11.4 Å². The molecule has 1 fully saturated rings. The number of amides is 2. The van der Waals surface area contributed by atoms with Gasteiger partial charge in [0.1, 0.15) is 0 Å². The summed E-state index contributed by atoms with van der Waals surface area (Å²) in [5, 5.41) is 14.7. The number of hydrogen-bond donors (Lipinski definition) is 2. The van der Waals surface area contributed by atoms with Crippen molar-refractivity contribution >= 4 is 6.03 Å². The van der Waals surface area contributed by atoms with E-state index in [2.05, 4.69) is 16.7 Å². The van der Waals surface area contributed by atoms with Crippen LogP contribution in [0.1, 0.15) is 19.3 Å². The Kier molecular flexibility index (Phi) is 4.56. The van der Waals surface area contributed by atoms with Gasteiger partial charge < -0.3 is 15.5 Å². The van der Waals surface area contributed by atoms with Crippen LogP contribution in [0.4, 0.5) is 4.79 Å². The lowest BCUT2D eigenvalue weighted by Gasteiger charge is -2.14. The molecule has 0 bridgehead atoms. The number of nitrogens with zero attached hydrogens (tertiary/aromatic N) is 2. The molecule has 1 aliphatic carbocycles. The molecule has 1 saturated carbocycles. The van der Waals surface area contributed by atoms with Crippen LogP contribution in [0.15, 0.2) is 0 Å². The van der Waals surface area contributed by atoms with E-state index in [4.69, 9.17) is 5.26 Å². The minimum atomic E-state index is -0.0695. The Morgan fingerprint density at radius 2 is 2.12 bits per heavy atom. The molecular weight excluding hydrogens is 204 g/mol. The smallest absolute Gasteiger partial charge is 0.316 e. The quantitative estimate of drug-likeness (QED) is 0.647. The Morgan fingerprint density at radius 3 is 2.62 bits per heavy atom. The van der Waals surface area contributed by atoms with E-state index in [1.165, 1.54) is 4.90 Å². The molecular formula is C11H20N4O. The number of carbonyl (C=O) groups is 1. The SMILES string of the molecule is CN(C)C(=O)NCCNCC1(CC#N)CC1. The van der Waals surface area contributed by atoms with Crippen LogP contribution in [-0.4, -0.2) is 44.7 Å². The van der Waals surface area contributed by atoms with E-state index >= 15 is 0 Å². The lowest BCUT2D eigenvalue weighted by atomic mass is 10.0. The van der Waals surface area contributed by atoms with Crippen molar-refractivity contribution in [3.8, 4) is 6.07 Å². The summed E-state index contributed by atoms with van der Waals surface area (Å²) >= 11 is 0. The summed E-state index contributed by atoms with van der Waals surface area (Å²) in [5.41, 5.74) is 0.236. The monoisotopic (exact) mass is 224 g/mol. The Morgan fingerprint density at radius 1 is 1.44 bits per heavy atom. The molecule has 0 unspecified atom stereocenters. The van der Waals surface area contributed by atoms with Crippen molar-refractivity contribution < 1.29 is 4.79 Å². The lowest BCUT2D eigenvalue weighted by Crippen LogP contribution is -2.39. The molecule has 5 nitrogen and oxygen atoms in total. The first kappa shape index (κ1) is 12.8. The minimum Gasteiger partial charge on any atom is -0.337 e. The molecule has 0 aromatic rings. The van der Waals surface area contributed by atoms with E-state index in [1.807, 2.05) is 0 Å². The summed E-state index contributed by atoms with van der Waals surface area (Å²) < 4.78 is 0. The van der Waals surface area contributed by atoms with Crippen LogP contribution in [0.25, 0.3) is 0 Å². The predicted molar refractivity (Wildman–Crippen MR) is 61.9 cm³/mol. The van der Waals surface area contributed by atoms with Crippen LogP contribution in [0.5, 0.6) is 0 Å². The standard InChI is InChI=1S/C11H20N4O/c1-15(2)10(16)14-8-7-13-9-11(3-4-11)5-6-12/h13H,3-5,7-9H2,1-2H3,(H,14,16). The molecule has 1 rings (SSSR count). The summed E-state index contributed by atoms with van der Waals surface area (Å²) in [4.78, 5) is 12.7. The third-order valence-electron chi connectivity index (χ3n) is 2.90. The molecule has 0 aromatic carbocycles. The molecule has 1 aliphatic rings. The average Bonchev–Trinajstić information content (AvgIpc) is 2.98. The van der Waals surface area contributed by atoms with Crippen molar-refractivity contribution in [1.82, 2.24) is 15.5 Å². The van der Waals surface area contributed by atoms with Gasteiger partial charge in [0.25, 0.3) is 0 Å². The Bertz CT molecular complexity index is 278. The molecule has 0 aromatic heterocycles. The third kappa shape index (κ3) is 4.07. The van der Waals surface area contributed by atoms with Gasteiger partial charge in [-0.3, -0.25) is 0 Å². The fourth-order valence-electron chi connectivity index (χ4n) is 1.53. The molecule has 0 aliphatic heterocycles. The van der Waals surface area contributed by atoms with Gasteiger partial charge in [-0.15, -0.1) is 0 Å². The second-order valence-corrected chi connectivity index (χ2v) is 4.64. The van der Waals surface area contributed by atoms with Crippen LogP contribution in [0, 0.1) is 16.7 Å². The highest BCUT2D eigenvalue weighted by molar-refractivity contribution is 5.73. The number of rotatable bonds is 6. The van der Waals surface area contributed by atoms with Crippen molar-refractivity contribution in [3.63, 3.8) is 0 Å². The van der Waals surface area contributed by atoms with E-state index in [0.29, 0.717) is 13.0 Å². The average molecular weight is 224 g/mol. The van der Waals surface area contributed by atoms with Gasteiger partial charge in [-0.25, -0.2) is 4.79 Å². The van der Waals surface area contributed by atoms with Gasteiger partial charge >= 0.3 is 6.03 Å². The first-order valence-electron chi connectivity index (χ1n) is 5.62. The summed E-state index contributed by atoms with van der Waals surface area (Å²) in [5.74, 6) is 0. The molecule has 90 valence electrons. The third-order valence-corrected chi connectivity index (χ3v) is 2.90. The second-order valence-electron chi connectivity index (χ2n) is 4.64. The molecule has 16 heavy (non-hydrogen) atoms. The highest BCUT2D eigenvalue weighted by Gasteiger charge is 2.41. The highest BCUT2D eigenvalue weighted by Crippen LogP contribution is 2.47. The minimum absolute atomic E-state index is 0.0695. The molecule has 0 saturated heterocycles. The largest absolute Gasteiger partial charge is 0.337 e. The maximum absolute atomic E-state index is 11.2. The lowest BCUT2D eigenvalue weighted by molar-refractivity contribution is 0.217. The summed E-state index contributed by atoms with van der Waals surface area (Å²) in [6.07, 6.45) is 2.94. The zero-order valence-corrected chi connectivity index (χ0v) is 10.0. The number of nitriles is 1. The van der Waals surface area contributed by atoms with Crippen LogP contribution in [0.2, 0.25) is 0 Å². The highest BCUT2D eigenvalue weighted by atomic mass is 16.2. The van der Waals surface area contributed by atoms with Crippen molar-refractivity contribution in [1.29, 1.82) is 5.26 Å². The van der Waals surface area contributed by atoms with Gasteiger partial charge in [-0.2, -0.15) is 5.26 Å². The molecule has 2 N–H and O–H groups in total. The van der Waals surface area contributed by atoms with Crippen molar-refractivity contribution in [3.05, 3.63) is 0 Å². The molecule has 0 atom stereocenters. The van der Waals surface area contributed by atoms with Gasteiger partial charge in [-0.05, 0) is 18.3 Å². The van der Waals surface area contributed by atoms with E-state index in [0.717, 1.165) is 25.9 Å². The second kappa shape index (κ2) is 5.71. The van der Waals surface area contributed by atoms with Crippen molar-refractivity contribution in [2.24, 2.45) is 5.41 Å². The van der Waals surface area contributed by atoms with Crippen LogP contribution < -0.4 is 10.6 Å². The van der Waals surface area contributed by atoms with Gasteiger partial charge in [0.05, 0.1) is 6.07 Å². The summed E-state index contributed by atoms with van der Waals surface area (Å²) in [6.45, 7) is 2.27. The van der Waals surface area contributed by atoms with Gasteiger partial charge in [-0.1, -0.05) is 0 Å². The van der Waals surface area contributed by atoms with Crippen molar-refractivity contribution in [2.75, 3.05) is 33.7 Å². The molecule has 0 radical (unpaired) electrons. The van der Waals surface area contributed by atoms with E-state index in [1.54, 1.807) is 14.1 Å². The summed E-state index contributed by atoms with van der Waals surface area (Å²) in [7, 11) is 3.43. The number of nitrogens with one attached hydrogen (secondary N) is 2. The Hall–Kier alpha value is -1.28. The first-order valence-corrected chi connectivity index (χ1v) is 5.62. The molecule has 0 heterocycles. The number of carbonyl (C=O) groups excluding carboxylic acids is 1. The van der Waals surface area contributed by atoms with Crippen LogP contribution in [0.3, 0.4) is 0 Å². The fourth-order valence-corrected chi connectivity index (χ4v) is 1.53. The van der Waals surface area contributed by atoms with Crippen molar-refractivity contribution in [2.45, 2.75) is 19.3 Å². The fraction of sp³-hybridized carbons (Fsp3) is 0.818. The van der Waals surface area contributed by atoms with E-state index in [9.17, 15) is 4.79 Å². The molecule has 5 heteroatoms. The predicted octanol–water partition coefficient (Wildman–Crippen LogP) is 0.541. The zero-order valence-electron chi connectivity index (χ0n) is 10.0. The van der Waals surface area contributed by atoms with Crippen LogP contribution in [-0.2, 0) is 0 Å². The first-order chi connectivity index (χ1) is 7.59. The van der Waals surface area contributed by atoms with Gasteiger partial charge in [0.15, 0.2) is 0 Å².